The number of benzene rings is 5. The van der Waals surface area contributed by atoms with Gasteiger partial charge in [-0.2, -0.15) is 0 Å². The van der Waals surface area contributed by atoms with Crippen LogP contribution >= 0.6 is 0 Å². The molecule has 486 valence electrons. The lowest BCUT2D eigenvalue weighted by Crippen LogP contribution is -2.61. The van der Waals surface area contributed by atoms with E-state index in [1.54, 1.807) is 91.1 Å². The van der Waals surface area contributed by atoms with E-state index in [0.717, 1.165) is 10.9 Å². The van der Waals surface area contributed by atoms with Crippen LogP contribution in [0.3, 0.4) is 0 Å². The Kier molecular flexibility index (Phi) is 26.0. The summed E-state index contributed by atoms with van der Waals surface area (Å²) in [6.45, 7) is 0.184. The van der Waals surface area contributed by atoms with E-state index in [4.69, 9.17) is 45.9 Å². The summed E-state index contributed by atoms with van der Waals surface area (Å²) in [5, 5.41) is 18.5. The van der Waals surface area contributed by atoms with Crippen LogP contribution in [0.1, 0.15) is 97.4 Å². The van der Waals surface area contributed by atoms with Gasteiger partial charge in [0.1, 0.15) is 30.2 Å². The van der Waals surface area contributed by atoms with Crippen LogP contribution in [0.2, 0.25) is 0 Å². The highest BCUT2D eigenvalue weighted by atomic mass is 16.2. The Morgan fingerprint density at radius 1 is 0.380 bits per heavy atom. The van der Waals surface area contributed by atoms with Crippen LogP contribution in [0.4, 0.5) is 0 Å². The second-order valence-electron chi connectivity index (χ2n) is 22.5. The van der Waals surface area contributed by atoms with Crippen molar-refractivity contribution in [2.45, 2.75) is 112 Å². The number of aromatic nitrogens is 1. The van der Waals surface area contributed by atoms with Crippen molar-refractivity contribution in [1.82, 2.24) is 36.9 Å². The number of para-hydroxylation sites is 1. The molecule has 1 fully saturated rings. The molecule has 0 radical (unpaired) electrons. The molecular weight excluding hydrogens is 1170 g/mol. The first-order chi connectivity index (χ1) is 44.4. The van der Waals surface area contributed by atoms with Gasteiger partial charge in [-0.05, 0) is 85.3 Å². The second-order valence-corrected chi connectivity index (χ2v) is 22.5. The second kappa shape index (κ2) is 34.8. The highest BCUT2D eigenvalue weighted by molar-refractivity contribution is 6.00. The highest BCUT2D eigenvalue weighted by Gasteiger charge is 2.41. The van der Waals surface area contributed by atoms with E-state index >= 15 is 28.8 Å². The molecule has 6 aromatic rings. The zero-order valence-corrected chi connectivity index (χ0v) is 51.3. The number of amides is 6. The van der Waals surface area contributed by atoms with Crippen molar-refractivity contribution in [1.29, 1.82) is 0 Å². The number of guanidine groups is 4. The van der Waals surface area contributed by atoms with Gasteiger partial charge in [0, 0.05) is 73.9 Å². The molecule has 26 nitrogen and oxygen atoms in total. The van der Waals surface area contributed by atoms with Crippen molar-refractivity contribution in [3.8, 4) is 0 Å². The van der Waals surface area contributed by atoms with Gasteiger partial charge < -0.3 is 82.8 Å². The number of carbonyl (C=O) groups is 7. The minimum atomic E-state index is -1.54. The van der Waals surface area contributed by atoms with Crippen LogP contribution in [-0.4, -0.2) is 132 Å². The number of H-pyrrole nitrogens is 1. The van der Waals surface area contributed by atoms with Crippen LogP contribution in [-0.2, 0) is 40.0 Å². The van der Waals surface area contributed by atoms with Gasteiger partial charge in [0.15, 0.2) is 29.6 Å². The van der Waals surface area contributed by atoms with Crippen molar-refractivity contribution in [3.05, 3.63) is 180 Å². The van der Waals surface area contributed by atoms with Crippen molar-refractivity contribution < 1.29 is 33.6 Å². The number of carbonyl (C=O) groups excluding carboxylic acids is 7. The Balaban J connectivity index is 1.46. The predicted octanol–water partition coefficient (Wildman–Crippen LogP) is 1.09. The fourth-order valence-electron chi connectivity index (χ4n) is 11.3. The molecule has 23 N–H and O–H groups in total. The summed E-state index contributed by atoms with van der Waals surface area (Å²) in [6, 6.07) is 34.8. The van der Waals surface area contributed by atoms with Gasteiger partial charge in [0.25, 0.3) is 0 Å². The topological polar surface area (TPSA) is 465 Å². The predicted molar refractivity (Wildman–Crippen MR) is 356 cm³/mol. The first kappa shape index (κ1) is 68.7. The molecule has 0 bridgehead atoms. The summed E-state index contributed by atoms with van der Waals surface area (Å²) in [4.78, 5) is 128. The number of hydrogen-bond donors (Lipinski definition) is 15. The molecule has 26 heteroatoms. The molecule has 7 rings (SSSR count). The van der Waals surface area contributed by atoms with Gasteiger partial charge in [-0.15, -0.1) is 0 Å². The fraction of sp³-hybridized carbons (Fsp3) is 0.348. The van der Waals surface area contributed by atoms with Crippen molar-refractivity contribution in [2.75, 3.05) is 26.2 Å². The zero-order valence-electron chi connectivity index (χ0n) is 51.3. The van der Waals surface area contributed by atoms with E-state index in [0.29, 0.717) is 27.8 Å². The molecule has 0 aliphatic carbocycles. The third kappa shape index (κ3) is 20.6. The van der Waals surface area contributed by atoms with Gasteiger partial charge in [0.05, 0.1) is 6.04 Å². The number of ketones is 1. The van der Waals surface area contributed by atoms with Gasteiger partial charge >= 0.3 is 0 Å². The lowest BCUT2D eigenvalue weighted by molar-refractivity contribution is -0.136. The number of rotatable bonds is 24. The maximum absolute atomic E-state index is 16.1. The van der Waals surface area contributed by atoms with Crippen molar-refractivity contribution in [3.63, 3.8) is 0 Å². The average molecular weight is 1260 g/mol. The van der Waals surface area contributed by atoms with Gasteiger partial charge in [0.2, 0.25) is 35.4 Å². The molecular formula is C66H85N19O7. The molecule has 92 heavy (non-hydrogen) atoms. The summed E-state index contributed by atoms with van der Waals surface area (Å²) in [5.74, 6) is -9.31. The Morgan fingerprint density at radius 2 is 0.717 bits per heavy atom. The molecule has 5 aromatic carbocycles. The monoisotopic (exact) mass is 1260 g/mol. The first-order valence-electron chi connectivity index (χ1n) is 30.7. The van der Waals surface area contributed by atoms with Crippen LogP contribution in [0, 0.1) is 5.92 Å². The Labute approximate surface area is 534 Å². The summed E-state index contributed by atoms with van der Waals surface area (Å²) >= 11 is 0. The lowest BCUT2D eigenvalue weighted by Gasteiger charge is -2.33. The molecule has 1 saturated heterocycles. The summed E-state index contributed by atoms with van der Waals surface area (Å²) < 4.78 is 0. The van der Waals surface area contributed by atoms with Crippen LogP contribution in [0.25, 0.3) is 10.9 Å². The molecule has 1 aliphatic rings. The summed E-state index contributed by atoms with van der Waals surface area (Å²) in [5.41, 5.74) is 49.4. The Hall–Kier alpha value is -10.8. The largest absolute Gasteiger partial charge is 0.370 e. The van der Waals surface area contributed by atoms with E-state index in [9.17, 15) is 4.79 Å². The Bertz CT molecular complexity index is 3330. The van der Waals surface area contributed by atoms with E-state index in [2.05, 4.69) is 56.9 Å². The minimum absolute atomic E-state index is 0.00472. The summed E-state index contributed by atoms with van der Waals surface area (Å²) in [6.07, 6.45) is 1.52. The minimum Gasteiger partial charge on any atom is -0.370 e. The molecule has 1 unspecified atom stereocenters. The zero-order chi connectivity index (χ0) is 65.9. The summed E-state index contributed by atoms with van der Waals surface area (Å²) in [7, 11) is 0. The number of nitrogens with zero attached hydrogens (tertiary/aromatic N) is 4. The molecule has 7 atom stereocenters. The highest BCUT2D eigenvalue weighted by Crippen LogP contribution is 2.32. The number of Topliss-reactive ketones (excluding diaryl/α,β-unsaturated/α-hetero) is 1. The van der Waals surface area contributed by atoms with Crippen LogP contribution in [0.5, 0.6) is 0 Å². The van der Waals surface area contributed by atoms with Crippen LogP contribution in [0.15, 0.2) is 172 Å². The number of aliphatic imine (C=N–C) groups is 4. The van der Waals surface area contributed by atoms with Gasteiger partial charge in [-0.3, -0.25) is 53.5 Å². The normalized spacial score (nSPS) is 19.6. The SMILES string of the molecule is NC(N)=NCCCC1NC(=O)[C@@H](CCCN=C(N)N)NC(=O)[C@@H](CCCN=C(N)N)NC(=O)[C@@H](C(c2ccccc2)c2ccccc2)NC(=O)[C@H](Cc2c[nH]c3ccccc23)NC(=O)[C@@H](C(c2ccccc2)c2ccccc2)NC(=O)[C@@H](CCCN=C(N)N)CC1=O. The van der Waals surface area contributed by atoms with Gasteiger partial charge in [-0.1, -0.05) is 140 Å². The van der Waals surface area contributed by atoms with E-state index in [-0.39, 0.29) is 108 Å². The van der Waals surface area contributed by atoms with E-state index < -0.39 is 102 Å². The molecule has 1 aromatic heterocycles. The standard InChI is InChI=1S/C66H85N19O7/c67-63(68)75-33-15-27-44-38-52(86)48(30-16-34-76-64(69)70)80-58(88)49(31-17-35-77-65(71)72)81-59(89)50(32-18-36-78-66(73)74)82-61(91)56(54(42-23-9-3-10-24-42)43-25-11-4-12-26-43)85-60(90)51(37-45-39-79-47-29-14-13-28-46(45)47)83-62(92)55(84-57(44)87)53(40-19-5-1-6-20-40)41-21-7-2-8-22-41/h1-14,19-26,28-29,39,44,48-51,53-56,79H,15-18,27,30-38H2,(H,80,88)(H,81,89)(H,82,91)(H,83,92)(H,84,87)(H,85,90)(H4,67,68,75)(H4,69,70,76)(H4,71,72,77)(H4,73,74,78)/t44-,48?,49+,50+,51-,55+,56+/m0/s1. The average Bonchev–Trinajstić information content (AvgIpc) is 0.954. The van der Waals surface area contributed by atoms with Crippen LogP contribution < -0.4 is 77.8 Å². The quantitative estimate of drug-likeness (QED) is 0.0229. The molecule has 0 saturated carbocycles. The van der Waals surface area contributed by atoms with E-state index in [1.165, 1.54) is 0 Å². The van der Waals surface area contributed by atoms with Crippen molar-refractivity contribution >= 4 is 76.0 Å². The fourth-order valence-corrected chi connectivity index (χ4v) is 11.3. The molecule has 0 spiro atoms. The molecule has 1 aliphatic heterocycles. The molecule has 2 heterocycles. The number of hydrogen-bond acceptors (Lipinski definition) is 11. The van der Waals surface area contributed by atoms with E-state index in [1.807, 2.05) is 60.7 Å². The maximum Gasteiger partial charge on any atom is 0.244 e. The smallest absolute Gasteiger partial charge is 0.244 e. The number of nitrogens with one attached hydrogen (secondary N) is 7. The number of aromatic amines is 1. The van der Waals surface area contributed by atoms with Crippen molar-refractivity contribution in [2.24, 2.45) is 71.8 Å². The lowest BCUT2D eigenvalue weighted by atomic mass is 9.83. The maximum atomic E-state index is 16.1. The third-order valence-corrected chi connectivity index (χ3v) is 15.8. The van der Waals surface area contributed by atoms with Gasteiger partial charge in [-0.25, -0.2) is 0 Å². The molecule has 6 amide bonds. The Morgan fingerprint density at radius 3 is 1.14 bits per heavy atom. The number of fused-ring (bicyclic) bond motifs is 1. The first-order valence-corrected chi connectivity index (χ1v) is 30.7. The number of nitrogens with two attached hydrogens (primary N) is 8. The third-order valence-electron chi connectivity index (χ3n) is 15.8.